The molecule has 1 aliphatic rings. The van der Waals surface area contributed by atoms with E-state index in [-0.39, 0.29) is 0 Å². The van der Waals surface area contributed by atoms with Crippen LogP contribution in [0, 0.1) is 0 Å². The first-order chi connectivity index (χ1) is 7.18. The lowest BCUT2D eigenvalue weighted by atomic mass is 10.2. The Balaban J connectivity index is 2.14. The molecule has 1 aliphatic heterocycles. The van der Waals surface area contributed by atoms with Gasteiger partial charge in [-0.15, -0.1) is 0 Å². The predicted octanol–water partition coefficient (Wildman–Crippen LogP) is 1.41. The number of hydrogen-bond donors (Lipinski definition) is 1. The van der Waals surface area contributed by atoms with Crippen LogP contribution in [0.1, 0.15) is 6.42 Å². The fraction of sp³-hybridized carbons (Fsp3) is 0.500. The summed E-state index contributed by atoms with van der Waals surface area (Å²) in [5.74, 6) is 0. The standard InChI is InChI=1S/C12H19N3/c1-14-8-7-10(9-14)15(2)12-6-4-3-5-11(12)13/h3-6,10H,7-9,13H2,1-2H3. The predicted molar refractivity (Wildman–Crippen MR) is 65.2 cm³/mol. The Morgan fingerprint density at radius 1 is 1.40 bits per heavy atom. The molecule has 0 radical (unpaired) electrons. The van der Waals surface area contributed by atoms with Gasteiger partial charge < -0.3 is 15.5 Å². The van der Waals surface area contributed by atoms with Crippen LogP contribution in [-0.4, -0.2) is 38.1 Å². The summed E-state index contributed by atoms with van der Waals surface area (Å²) in [6.07, 6.45) is 1.22. The van der Waals surface area contributed by atoms with E-state index in [0.29, 0.717) is 6.04 Å². The number of benzene rings is 1. The van der Waals surface area contributed by atoms with E-state index in [2.05, 4.69) is 30.0 Å². The monoisotopic (exact) mass is 205 g/mol. The second-order valence-electron chi connectivity index (χ2n) is 4.37. The molecule has 1 heterocycles. The van der Waals surface area contributed by atoms with E-state index in [1.807, 2.05) is 18.2 Å². The maximum absolute atomic E-state index is 5.97. The molecule has 1 unspecified atom stereocenters. The molecule has 3 nitrogen and oxygen atoms in total. The third kappa shape index (κ3) is 2.07. The van der Waals surface area contributed by atoms with Gasteiger partial charge in [-0.1, -0.05) is 12.1 Å². The van der Waals surface area contributed by atoms with E-state index in [0.717, 1.165) is 17.9 Å². The summed E-state index contributed by atoms with van der Waals surface area (Å²) < 4.78 is 0. The van der Waals surface area contributed by atoms with Gasteiger partial charge in [-0.25, -0.2) is 0 Å². The Labute approximate surface area is 91.5 Å². The molecule has 3 heteroatoms. The zero-order valence-corrected chi connectivity index (χ0v) is 9.48. The van der Waals surface area contributed by atoms with Crippen molar-refractivity contribution in [3.63, 3.8) is 0 Å². The van der Waals surface area contributed by atoms with Gasteiger partial charge in [-0.3, -0.25) is 0 Å². The molecule has 0 aliphatic carbocycles. The zero-order valence-electron chi connectivity index (χ0n) is 9.48. The van der Waals surface area contributed by atoms with Crippen molar-refractivity contribution in [1.82, 2.24) is 4.90 Å². The number of rotatable bonds is 2. The lowest BCUT2D eigenvalue weighted by molar-refractivity contribution is 0.409. The van der Waals surface area contributed by atoms with Gasteiger partial charge in [0.1, 0.15) is 0 Å². The topological polar surface area (TPSA) is 32.5 Å². The lowest BCUT2D eigenvalue weighted by Crippen LogP contribution is -2.34. The SMILES string of the molecule is CN1CCC(N(C)c2ccccc2N)C1. The zero-order chi connectivity index (χ0) is 10.8. The smallest absolute Gasteiger partial charge is 0.0600 e. The highest BCUT2D eigenvalue weighted by atomic mass is 15.2. The fourth-order valence-corrected chi connectivity index (χ4v) is 2.23. The second-order valence-corrected chi connectivity index (χ2v) is 4.37. The van der Waals surface area contributed by atoms with Gasteiger partial charge in [-0.2, -0.15) is 0 Å². The Morgan fingerprint density at radius 3 is 2.73 bits per heavy atom. The van der Waals surface area contributed by atoms with Crippen LogP contribution in [0.25, 0.3) is 0 Å². The number of likely N-dealkylation sites (N-methyl/N-ethyl adjacent to an activating group) is 2. The fourth-order valence-electron chi connectivity index (χ4n) is 2.23. The molecule has 0 bridgehead atoms. The highest BCUT2D eigenvalue weighted by molar-refractivity contribution is 5.67. The van der Waals surface area contributed by atoms with Crippen LogP contribution >= 0.6 is 0 Å². The van der Waals surface area contributed by atoms with Gasteiger partial charge in [0.05, 0.1) is 11.4 Å². The van der Waals surface area contributed by atoms with Crippen LogP contribution in [0.5, 0.6) is 0 Å². The number of anilines is 2. The van der Waals surface area contributed by atoms with E-state index >= 15 is 0 Å². The average Bonchev–Trinajstić information content (AvgIpc) is 2.65. The normalized spacial score (nSPS) is 21.9. The molecule has 2 rings (SSSR count). The number of nitrogens with zero attached hydrogens (tertiary/aromatic N) is 2. The molecular formula is C12H19N3. The highest BCUT2D eigenvalue weighted by Crippen LogP contribution is 2.25. The molecule has 2 N–H and O–H groups in total. The Morgan fingerprint density at radius 2 is 2.13 bits per heavy atom. The van der Waals surface area contributed by atoms with Crippen LogP contribution in [0.2, 0.25) is 0 Å². The lowest BCUT2D eigenvalue weighted by Gasteiger charge is -2.27. The summed E-state index contributed by atoms with van der Waals surface area (Å²) >= 11 is 0. The van der Waals surface area contributed by atoms with E-state index < -0.39 is 0 Å². The van der Waals surface area contributed by atoms with E-state index in [1.165, 1.54) is 13.0 Å². The molecular weight excluding hydrogens is 186 g/mol. The first kappa shape index (κ1) is 10.3. The highest BCUT2D eigenvalue weighted by Gasteiger charge is 2.24. The largest absolute Gasteiger partial charge is 0.397 e. The minimum absolute atomic E-state index is 0.597. The molecule has 0 saturated carbocycles. The van der Waals surface area contributed by atoms with Gasteiger partial charge >= 0.3 is 0 Å². The first-order valence-corrected chi connectivity index (χ1v) is 5.44. The summed E-state index contributed by atoms with van der Waals surface area (Å²) in [4.78, 5) is 4.67. The first-order valence-electron chi connectivity index (χ1n) is 5.44. The third-order valence-corrected chi connectivity index (χ3v) is 3.23. The van der Waals surface area contributed by atoms with Gasteiger partial charge in [0.2, 0.25) is 0 Å². The molecule has 1 fully saturated rings. The molecule has 0 spiro atoms. The molecule has 1 aromatic carbocycles. The average molecular weight is 205 g/mol. The summed E-state index contributed by atoms with van der Waals surface area (Å²) in [7, 11) is 4.30. The molecule has 1 saturated heterocycles. The molecule has 0 aromatic heterocycles. The van der Waals surface area contributed by atoms with Gasteiger partial charge in [0.15, 0.2) is 0 Å². The summed E-state index contributed by atoms with van der Waals surface area (Å²) in [6.45, 7) is 2.31. The van der Waals surface area contributed by atoms with Crippen LogP contribution in [0.4, 0.5) is 11.4 Å². The third-order valence-electron chi connectivity index (χ3n) is 3.23. The van der Waals surface area contributed by atoms with Crippen LogP contribution in [-0.2, 0) is 0 Å². The van der Waals surface area contributed by atoms with E-state index in [4.69, 9.17) is 5.73 Å². The Kier molecular flexibility index (Phi) is 2.82. The quantitative estimate of drug-likeness (QED) is 0.741. The van der Waals surface area contributed by atoms with Crippen molar-refractivity contribution < 1.29 is 0 Å². The van der Waals surface area contributed by atoms with Crippen LogP contribution < -0.4 is 10.6 Å². The van der Waals surface area contributed by atoms with Gasteiger partial charge in [0, 0.05) is 19.6 Å². The Hall–Kier alpha value is -1.22. The van der Waals surface area contributed by atoms with Crippen molar-refractivity contribution in [2.75, 3.05) is 37.8 Å². The number of para-hydroxylation sites is 2. The maximum Gasteiger partial charge on any atom is 0.0600 e. The molecule has 82 valence electrons. The number of likely N-dealkylation sites (tertiary alicyclic amines) is 1. The van der Waals surface area contributed by atoms with Crippen molar-refractivity contribution in [1.29, 1.82) is 0 Å². The van der Waals surface area contributed by atoms with Crippen molar-refractivity contribution in [3.05, 3.63) is 24.3 Å². The van der Waals surface area contributed by atoms with Crippen molar-refractivity contribution >= 4 is 11.4 Å². The van der Waals surface area contributed by atoms with Crippen LogP contribution in [0.15, 0.2) is 24.3 Å². The van der Waals surface area contributed by atoms with Crippen molar-refractivity contribution in [3.8, 4) is 0 Å². The number of hydrogen-bond acceptors (Lipinski definition) is 3. The number of nitrogen functional groups attached to an aromatic ring is 1. The number of nitrogens with two attached hydrogens (primary N) is 1. The van der Waals surface area contributed by atoms with E-state index in [9.17, 15) is 0 Å². The summed E-state index contributed by atoms with van der Waals surface area (Å²) in [6, 6.07) is 8.67. The van der Waals surface area contributed by atoms with Gasteiger partial charge in [-0.05, 0) is 32.1 Å². The molecule has 1 atom stereocenters. The minimum atomic E-state index is 0.597. The summed E-state index contributed by atoms with van der Waals surface area (Å²) in [5.41, 5.74) is 7.99. The summed E-state index contributed by atoms with van der Waals surface area (Å²) in [5, 5.41) is 0. The minimum Gasteiger partial charge on any atom is -0.397 e. The second kappa shape index (κ2) is 4.11. The van der Waals surface area contributed by atoms with Crippen LogP contribution in [0.3, 0.4) is 0 Å². The Bertz CT molecular complexity index is 337. The van der Waals surface area contributed by atoms with Crippen molar-refractivity contribution in [2.45, 2.75) is 12.5 Å². The maximum atomic E-state index is 5.97. The molecule has 1 aromatic rings. The molecule has 0 amide bonds. The van der Waals surface area contributed by atoms with Gasteiger partial charge in [0.25, 0.3) is 0 Å². The van der Waals surface area contributed by atoms with Crippen molar-refractivity contribution in [2.24, 2.45) is 0 Å². The molecule has 15 heavy (non-hydrogen) atoms. The van der Waals surface area contributed by atoms with E-state index in [1.54, 1.807) is 0 Å².